The normalized spacial score (nSPS) is 10.4. The van der Waals surface area contributed by atoms with E-state index in [9.17, 15) is 0 Å². The maximum Gasteiger partial charge on any atom is 0.119 e. The number of ether oxygens (including phenoxy) is 2. The van der Waals surface area contributed by atoms with Crippen molar-refractivity contribution < 1.29 is 9.47 Å². The molecule has 4 aromatic carbocycles. The molecular formula is C29H26O2. The van der Waals surface area contributed by atoms with Crippen LogP contribution in [0.5, 0.6) is 11.5 Å². The third kappa shape index (κ3) is 5.27. The van der Waals surface area contributed by atoms with Gasteiger partial charge in [-0.25, -0.2) is 0 Å². The van der Waals surface area contributed by atoms with E-state index in [1.54, 1.807) is 0 Å². The summed E-state index contributed by atoms with van der Waals surface area (Å²) in [4.78, 5) is 0. The number of hydrogen-bond acceptors (Lipinski definition) is 2. The van der Waals surface area contributed by atoms with Gasteiger partial charge in [-0.05, 0) is 83.8 Å². The average Bonchev–Trinajstić information content (AvgIpc) is 2.82. The molecule has 0 aliphatic heterocycles. The Labute approximate surface area is 184 Å². The summed E-state index contributed by atoms with van der Waals surface area (Å²) in [5, 5.41) is 2.33. The van der Waals surface area contributed by atoms with Crippen LogP contribution in [0.2, 0.25) is 0 Å². The molecule has 0 unspecified atom stereocenters. The third-order valence-electron chi connectivity index (χ3n) is 5.02. The summed E-state index contributed by atoms with van der Waals surface area (Å²) in [7, 11) is 0. The molecular weight excluding hydrogens is 380 g/mol. The highest BCUT2D eigenvalue weighted by molar-refractivity contribution is 5.85. The maximum absolute atomic E-state index is 5.72. The molecule has 0 amide bonds. The molecule has 0 atom stereocenters. The van der Waals surface area contributed by atoms with Gasteiger partial charge in [0.15, 0.2) is 0 Å². The second-order valence-corrected chi connectivity index (χ2v) is 7.36. The standard InChI is InChI=1S/C29H26O2/c1-3-19-31-29-18-15-26-20-23(9-12-27(26)21-29)6-5-22-7-10-24(11-8-22)25-13-16-28(17-14-25)30-4-2/h7-18,20-21H,3-4,19H2,1-2H3. The first-order chi connectivity index (χ1) is 15.2. The van der Waals surface area contributed by atoms with Crippen molar-refractivity contribution >= 4 is 10.8 Å². The second-order valence-electron chi connectivity index (χ2n) is 7.36. The minimum absolute atomic E-state index is 0.679. The van der Waals surface area contributed by atoms with Crippen molar-refractivity contribution in [2.24, 2.45) is 0 Å². The second kappa shape index (κ2) is 9.87. The summed E-state index contributed by atoms with van der Waals surface area (Å²) >= 11 is 0. The molecule has 31 heavy (non-hydrogen) atoms. The first kappa shape index (κ1) is 20.6. The summed E-state index contributed by atoms with van der Waals surface area (Å²) in [5.74, 6) is 8.37. The lowest BCUT2D eigenvalue weighted by Gasteiger charge is -2.06. The molecule has 154 valence electrons. The molecule has 0 fully saturated rings. The molecule has 0 saturated carbocycles. The Balaban J connectivity index is 1.48. The molecule has 0 N–H and O–H groups in total. The number of benzene rings is 4. The fraction of sp³-hybridized carbons (Fsp3) is 0.172. The van der Waals surface area contributed by atoms with E-state index in [-0.39, 0.29) is 0 Å². The van der Waals surface area contributed by atoms with Gasteiger partial charge < -0.3 is 9.47 Å². The van der Waals surface area contributed by atoms with Crippen LogP contribution in [0.15, 0.2) is 84.9 Å². The van der Waals surface area contributed by atoms with Crippen LogP contribution < -0.4 is 9.47 Å². The predicted molar refractivity (Wildman–Crippen MR) is 129 cm³/mol. The highest BCUT2D eigenvalue weighted by Gasteiger charge is 2.00. The van der Waals surface area contributed by atoms with Gasteiger partial charge in [0.2, 0.25) is 0 Å². The quantitative estimate of drug-likeness (QED) is 0.318. The highest BCUT2D eigenvalue weighted by atomic mass is 16.5. The van der Waals surface area contributed by atoms with E-state index in [1.165, 1.54) is 21.9 Å². The molecule has 0 aliphatic rings. The van der Waals surface area contributed by atoms with E-state index in [2.05, 4.69) is 85.5 Å². The van der Waals surface area contributed by atoms with Crippen LogP contribution >= 0.6 is 0 Å². The summed E-state index contributed by atoms with van der Waals surface area (Å²) in [6.07, 6.45) is 1.01. The van der Waals surface area contributed by atoms with Crippen LogP contribution in [-0.2, 0) is 0 Å². The zero-order valence-corrected chi connectivity index (χ0v) is 18.0. The minimum atomic E-state index is 0.679. The monoisotopic (exact) mass is 406 g/mol. The van der Waals surface area contributed by atoms with Gasteiger partial charge >= 0.3 is 0 Å². The van der Waals surface area contributed by atoms with E-state index in [0.717, 1.165) is 35.7 Å². The summed E-state index contributed by atoms with van der Waals surface area (Å²) in [6, 6.07) is 29.0. The molecule has 0 saturated heterocycles. The highest BCUT2D eigenvalue weighted by Crippen LogP contribution is 2.24. The van der Waals surface area contributed by atoms with Crippen molar-refractivity contribution in [2.75, 3.05) is 13.2 Å². The third-order valence-corrected chi connectivity index (χ3v) is 5.02. The molecule has 0 spiro atoms. The zero-order valence-electron chi connectivity index (χ0n) is 18.0. The van der Waals surface area contributed by atoms with Gasteiger partial charge in [-0.3, -0.25) is 0 Å². The molecule has 4 aromatic rings. The molecule has 0 heterocycles. The topological polar surface area (TPSA) is 18.5 Å². The van der Waals surface area contributed by atoms with E-state index in [4.69, 9.17) is 9.47 Å². The Hall–Kier alpha value is -3.70. The van der Waals surface area contributed by atoms with Gasteiger partial charge in [0.1, 0.15) is 11.5 Å². The smallest absolute Gasteiger partial charge is 0.119 e. The van der Waals surface area contributed by atoms with Crippen LogP contribution in [0, 0.1) is 11.8 Å². The van der Waals surface area contributed by atoms with Crippen molar-refractivity contribution in [2.45, 2.75) is 20.3 Å². The molecule has 0 radical (unpaired) electrons. The van der Waals surface area contributed by atoms with Gasteiger partial charge in [0, 0.05) is 11.1 Å². The van der Waals surface area contributed by atoms with Crippen molar-refractivity contribution in [3.05, 3.63) is 96.1 Å². The molecule has 0 aliphatic carbocycles. The lowest BCUT2D eigenvalue weighted by molar-refractivity contribution is 0.318. The zero-order chi connectivity index (χ0) is 21.5. The van der Waals surface area contributed by atoms with E-state index in [0.29, 0.717) is 6.61 Å². The summed E-state index contributed by atoms with van der Waals surface area (Å²) in [6.45, 7) is 5.52. The molecule has 0 aromatic heterocycles. The van der Waals surface area contributed by atoms with Crippen LogP contribution in [0.25, 0.3) is 21.9 Å². The largest absolute Gasteiger partial charge is 0.494 e. The number of hydrogen-bond donors (Lipinski definition) is 0. The molecule has 2 heteroatoms. The molecule has 0 bridgehead atoms. The Morgan fingerprint density at radius 3 is 1.87 bits per heavy atom. The molecule has 4 rings (SSSR count). The lowest BCUT2D eigenvalue weighted by atomic mass is 10.0. The SMILES string of the molecule is CCCOc1ccc2cc(C#Cc3ccc(-c4ccc(OCC)cc4)cc3)ccc2c1. The average molecular weight is 407 g/mol. The van der Waals surface area contributed by atoms with Crippen molar-refractivity contribution in [3.8, 4) is 34.5 Å². The van der Waals surface area contributed by atoms with Gasteiger partial charge in [0.25, 0.3) is 0 Å². The fourth-order valence-electron chi connectivity index (χ4n) is 3.41. The Morgan fingerprint density at radius 2 is 1.16 bits per heavy atom. The summed E-state index contributed by atoms with van der Waals surface area (Å²) < 4.78 is 11.2. The van der Waals surface area contributed by atoms with E-state index >= 15 is 0 Å². The first-order valence-corrected chi connectivity index (χ1v) is 10.8. The number of rotatable bonds is 6. The fourth-order valence-corrected chi connectivity index (χ4v) is 3.41. The minimum Gasteiger partial charge on any atom is -0.494 e. The Kier molecular flexibility index (Phi) is 6.55. The van der Waals surface area contributed by atoms with Crippen LogP contribution in [0.4, 0.5) is 0 Å². The van der Waals surface area contributed by atoms with Gasteiger partial charge in [-0.1, -0.05) is 55.2 Å². The van der Waals surface area contributed by atoms with Crippen molar-refractivity contribution in [1.29, 1.82) is 0 Å². The van der Waals surface area contributed by atoms with Crippen molar-refractivity contribution in [3.63, 3.8) is 0 Å². The van der Waals surface area contributed by atoms with Crippen LogP contribution in [0.1, 0.15) is 31.4 Å². The Bertz CT molecular complexity index is 1210. The first-order valence-electron chi connectivity index (χ1n) is 10.8. The van der Waals surface area contributed by atoms with Crippen LogP contribution in [-0.4, -0.2) is 13.2 Å². The Morgan fingerprint density at radius 1 is 0.581 bits per heavy atom. The van der Waals surface area contributed by atoms with Gasteiger partial charge in [0.05, 0.1) is 13.2 Å². The van der Waals surface area contributed by atoms with E-state index < -0.39 is 0 Å². The van der Waals surface area contributed by atoms with Crippen LogP contribution in [0.3, 0.4) is 0 Å². The van der Waals surface area contributed by atoms with E-state index in [1.807, 2.05) is 25.1 Å². The van der Waals surface area contributed by atoms with Gasteiger partial charge in [-0.2, -0.15) is 0 Å². The lowest BCUT2D eigenvalue weighted by Crippen LogP contribution is -1.94. The van der Waals surface area contributed by atoms with Crippen molar-refractivity contribution in [1.82, 2.24) is 0 Å². The predicted octanol–water partition coefficient (Wildman–Crippen LogP) is 7.09. The molecule has 2 nitrogen and oxygen atoms in total. The maximum atomic E-state index is 5.72. The van der Waals surface area contributed by atoms with Gasteiger partial charge in [-0.15, -0.1) is 0 Å². The summed E-state index contributed by atoms with van der Waals surface area (Å²) in [5.41, 5.74) is 4.34. The number of fused-ring (bicyclic) bond motifs is 1.